The SMILES string of the molecule is CC(C)(C)c1[nH]cnc1/C=c1\[nH]c(=O)/c(=C/c2cc(F)ccc2F)[nH]c1=O. The molecule has 0 atom stereocenters. The minimum atomic E-state index is -0.710. The summed E-state index contributed by atoms with van der Waals surface area (Å²) in [7, 11) is 0. The van der Waals surface area contributed by atoms with E-state index in [1.54, 1.807) is 0 Å². The van der Waals surface area contributed by atoms with Gasteiger partial charge in [-0.2, -0.15) is 0 Å². The van der Waals surface area contributed by atoms with E-state index < -0.39 is 22.8 Å². The minimum Gasteiger partial charge on any atom is -0.348 e. The number of rotatable bonds is 2. The van der Waals surface area contributed by atoms with Crippen molar-refractivity contribution in [3.8, 4) is 0 Å². The quantitative estimate of drug-likeness (QED) is 0.627. The lowest BCUT2D eigenvalue weighted by atomic mass is 9.90. The van der Waals surface area contributed by atoms with Gasteiger partial charge in [0.25, 0.3) is 11.1 Å². The van der Waals surface area contributed by atoms with E-state index in [1.807, 2.05) is 20.8 Å². The van der Waals surface area contributed by atoms with Crippen LogP contribution in [0.3, 0.4) is 0 Å². The number of imidazole rings is 1. The Morgan fingerprint density at radius 3 is 2.26 bits per heavy atom. The second kappa shape index (κ2) is 6.79. The number of hydrogen-bond donors (Lipinski definition) is 3. The van der Waals surface area contributed by atoms with Crippen molar-refractivity contribution in [2.24, 2.45) is 0 Å². The molecule has 0 amide bonds. The van der Waals surface area contributed by atoms with Crippen LogP contribution >= 0.6 is 0 Å². The van der Waals surface area contributed by atoms with Crippen LogP contribution in [0.2, 0.25) is 0 Å². The highest BCUT2D eigenvalue weighted by Crippen LogP contribution is 2.22. The number of nitrogens with zero attached hydrogens (tertiary/aromatic N) is 1. The molecule has 3 aromatic rings. The Labute approximate surface area is 152 Å². The molecule has 140 valence electrons. The van der Waals surface area contributed by atoms with E-state index in [2.05, 4.69) is 19.9 Å². The molecule has 2 heterocycles. The maximum absolute atomic E-state index is 13.8. The molecule has 6 nitrogen and oxygen atoms in total. The topological polar surface area (TPSA) is 94.4 Å². The molecule has 0 unspecified atom stereocenters. The molecule has 0 aliphatic rings. The molecular formula is C19H18F2N4O2. The zero-order valence-electron chi connectivity index (χ0n) is 15.0. The molecule has 1 aromatic carbocycles. The third-order valence-corrected chi connectivity index (χ3v) is 3.94. The highest BCUT2D eigenvalue weighted by atomic mass is 19.1. The second-order valence-electron chi connectivity index (χ2n) is 7.10. The number of H-pyrrole nitrogens is 3. The van der Waals surface area contributed by atoms with E-state index in [4.69, 9.17) is 0 Å². The first-order valence-electron chi connectivity index (χ1n) is 8.20. The second-order valence-corrected chi connectivity index (χ2v) is 7.10. The van der Waals surface area contributed by atoms with Crippen molar-refractivity contribution in [1.82, 2.24) is 19.9 Å². The molecule has 8 heteroatoms. The van der Waals surface area contributed by atoms with Gasteiger partial charge >= 0.3 is 0 Å². The molecule has 2 aromatic heterocycles. The Hall–Kier alpha value is -3.29. The van der Waals surface area contributed by atoms with Crippen LogP contribution in [0.1, 0.15) is 37.7 Å². The zero-order valence-corrected chi connectivity index (χ0v) is 15.0. The Morgan fingerprint density at radius 2 is 1.63 bits per heavy atom. The molecule has 0 saturated carbocycles. The zero-order chi connectivity index (χ0) is 19.8. The summed E-state index contributed by atoms with van der Waals surface area (Å²) in [6, 6.07) is 2.85. The molecule has 3 rings (SSSR count). The van der Waals surface area contributed by atoms with Crippen molar-refractivity contribution >= 4 is 12.2 Å². The van der Waals surface area contributed by atoms with Crippen molar-refractivity contribution in [2.45, 2.75) is 26.2 Å². The molecule has 0 aliphatic carbocycles. The van der Waals surface area contributed by atoms with Crippen molar-refractivity contribution < 1.29 is 8.78 Å². The molecule has 0 spiro atoms. The largest absolute Gasteiger partial charge is 0.348 e. The van der Waals surface area contributed by atoms with Gasteiger partial charge in [-0.3, -0.25) is 9.59 Å². The van der Waals surface area contributed by atoms with E-state index >= 15 is 0 Å². The van der Waals surface area contributed by atoms with Gasteiger partial charge in [0.1, 0.15) is 22.3 Å². The average molecular weight is 372 g/mol. The van der Waals surface area contributed by atoms with Crippen molar-refractivity contribution in [1.29, 1.82) is 0 Å². The van der Waals surface area contributed by atoms with Gasteiger partial charge < -0.3 is 15.0 Å². The lowest BCUT2D eigenvalue weighted by Gasteiger charge is -2.16. The van der Waals surface area contributed by atoms with Crippen molar-refractivity contribution in [3.05, 3.63) is 84.5 Å². The molecule has 0 aliphatic heterocycles. The van der Waals surface area contributed by atoms with E-state index in [1.165, 1.54) is 12.4 Å². The first-order valence-corrected chi connectivity index (χ1v) is 8.20. The molecule has 0 bridgehead atoms. The third-order valence-electron chi connectivity index (χ3n) is 3.94. The van der Waals surface area contributed by atoms with Crippen LogP contribution in [0.5, 0.6) is 0 Å². The first-order chi connectivity index (χ1) is 12.6. The summed E-state index contributed by atoms with van der Waals surface area (Å²) >= 11 is 0. The summed E-state index contributed by atoms with van der Waals surface area (Å²) in [6.45, 7) is 5.95. The fourth-order valence-electron chi connectivity index (χ4n) is 2.63. The molecule has 3 N–H and O–H groups in total. The van der Waals surface area contributed by atoms with Gasteiger partial charge in [0.15, 0.2) is 0 Å². The molecular weight excluding hydrogens is 354 g/mol. The number of aromatic amines is 3. The highest BCUT2D eigenvalue weighted by molar-refractivity contribution is 5.50. The maximum atomic E-state index is 13.8. The summed E-state index contributed by atoms with van der Waals surface area (Å²) in [6.07, 6.45) is 4.05. The van der Waals surface area contributed by atoms with Gasteiger partial charge in [-0.15, -0.1) is 0 Å². The Kier molecular flexibility index (Phi) is 4.65. The molecule has 0 fully saturated rings. The lowest BCUT2D eigenvalue weighted by molar-refractivity contribution is 0.571. The highest BCUT2D eigenvalue weighted by Gasteiger charge is 2.19. The van der Waals surface area contributed by atoms with Crippen LogP contribution in [0.4, 0.5) is 8.78 Å². The number of hydrogen-bond acceptors (Lipinski definition) is 3. The van der Waals surface area contributed by atoms with Crippen LogP contribution < -0.4 is 21.8 Å². The monoisotopic (exact) mass is 372 g/mol. The normalized spacial score (nSPS) is 13.4. The predicted octanol–water partition coefficient (Wildman–Crippen LogP) is 1.02. The summed E-state index contributed by atoms with van der Waals surface area (Å²) in [4.78, 5) is 36.7. The Morgan fingerprint density at radius 1 is 1.00 bits per heavy atom. The van der Waals surface area contributed by atoms with E-state index in [0.29, 0.717) is 5.69 Å². The predicted molar refractivity (Wildman–Crippen MR) is 97.7 cm³/mol. The lowest BCUT2D eigenvalue weighted by Crippen LogP contribution is -2.46. The average Bonchev–Trinajstić information content (AvgIpc) is 3.04. The van der Waals surface area contributed by atoms with E-state index in [0.717, 1.165) is 30.0 Å². The van der Waals surface area contributed by atoms with Crippen LogP contribution in [0.15, 0.2) is 34.1 Å². The maximum Gasteiger partial charge on any atom is 0.272 e. The summed E-state index contributed by atoms with van der Waals surface area (Å²) in [5, 5.41) is -0.172. The smallest absolute Gasteiger partial charge is 0.272 e. The fraction of sp³-hybridized carbons (Fsp3) is 0.211. The first kappa shape index (κ1) is 18.5. The molecule has 27 heavy (non-hydrogen) atoms. The standard InChI is InChI=1S/C19H18F2N4O2/c1-19(2,3)16-13(22-9-23-16)8-15-18(27)24-14(17(26)25-15)7-10-6-11(20)4-5-12(10)21/h4-9H,1-3H3,(H,22,23)(H,24,27)(H,25,26)/b14-7-,15-8-. The van der Waals surface area contributed by atoms with Gasteiger partial charge in [0.2, 0.25) is 0 Å². The van der Waals surface area contributed by atoms with Gasteiger partial charge in [-0.1, -0.05) is 20.8 Å². The van der Waals surface area contributed by atoms with Gasteiger partial charge in [-0.05, 0) is 30.4 Å². The molecule has 0 radical (unpaired) electrons. The number of nitrogens with one attached hydrogen (secondary N) is 3. The summed E-state index contributed by atoms with van der Waals surface area (Å²) in [5.74, 6) is -1.36. The van der Waals surface area contributed by atoms with Gasteiger partial charge in [0, 0.05) is 16.7 Å². The van der Waals surface area contributed by atoms with Crippen LogP contribution in [-0.2, 0) is 5.41 Å². The van der Waals surface area contributed by atoms with E-state index in [-0.39, 0.29) is 21.7 Å². The van der Waals surface area contributed by atoms with Gasteiger partial charge in [0.05, 0.1) is 12.0 Å². The summed E-state index contributed by atoms with van der Waals surface area (Å²) in [5.41, 5.74) is -0.275. The fourth-order valence-corrected chi connectivity index (χ4v) is 2.63. The number of halogens is 2. The van der Waals surface area contributed by atoms with E-state index in [9.17, 15) is 18.4 Å². The summed E-state index contributed by atoms with van der Waals surface area (Å²) < 4.78 is 27.0. The number of aromatic nitrogens is 4. The van der Waals surface area contributed by atoms with Crippen LogP contribution in [0, 0.1) is 11.6 Å². The number of benzene rings is 1. The Bertz CT molecular complexity index is 1230. The molecule has 0 saturated heterocycles. The van der Waals surface area contributed by atoms with Crippen molar-refractivity contribution in [3.63, 3.8) is 0 Å². The van der Waals surface area contributed by atoms with Crippen LogP contribution in [0.25, 0.3) is 12.2 Å². The Balaban J connectivity index is 2.16. The van der Waals surface area contributed by atoms with Crippen LogP contribution in [-0.4, -0.2) is 19.9 Å². The van der Waals surface area contributed by atoms with Crippen molar-refractivity contribution in [2.75, 3.05) is 0 Å². The third kappa shape index (κ3) is 3.94. The minimum absolute atomic E-state index is 0.00876. The van der Waals surface area contributed by atoms with Gasteiger partial charge in [-0.25, -0.2) is 13.8 Å².